The SMILES string of the molecule is Cc1cc(C)cc(C(=O)N2CCCC(C(=O)NCCc3ccc(N)cc3)C2)c1.Cl. The second-order valence-corrected chi connectivity index (χ2v) is 7.75. The summed E-state index contributed by atoms with van der Waals surface area (Å²) in [6.07, 6.45) is 2.45. The van der Waals surface area contributed by atoms with Crippen LogP contribution in [0.2, 0.25) is 0 Å². The van der Waals surface area contributed by atoms with Crippen molar-refractivity contribution >= 4 is 29.9 Å². The van der Waals surface area contributed by atoms with Crippen LogP contribution in [0.1, 0.15) is 39.9 Å². The van der Waals surface area contributed by atoms with Crippen molar-refractivity contribution in [1.82, 2.24) is 10.2 Å². The van der Waals surface area contributed by atoms with Crippen molar-refractivity contribution in [1.29, 1.82) is 0 Å². The first-order valence-electron chi connectivity index (χ1n) is 9.92. The van der Waals surface area contributed by atoms with Gasteiger partial charge in [0.05, 0.1) is 5.92 Å². The number of piperidine rings is 1. The number of hydrogen-bond donors (Lipinski definition) is 2. The molecule has 6 heteroatoms. The molecule has 1 fully saturated rings. The van der Waals surface area contributed by atoms with Crippen molar-refractivity contribution in [2.45, 2.75) is 33.1 Å². The molecule has 2 amide bonds. The molecule has 5 nitrogen and oxygen atoms in total. The molecule has 3 N–H and O–H groups in total. The van der Waals surface area contributed by atoms with Gasteiger partial charge in [-0.1, -0.05) is 29.3 Å². The van der Waals surface area contributed by atoms with Gasteiger partial charge in [-0.2, -0.15) is 0 Å². The zero-order valence-corrected chi connectivity index (χ0v) is 17.9. The number of nitrogen functional groups attached to an aromatic ring is 1. The van der Waals surface area contributed by atoms with Crippen molar-refractivity contribution in [2.24, 2.45) is 5.92 Å². The standard InChI is InChI=1S/C23H29N3O2.ClH/c1-16-12-17(2)14-20(13-16)23(28)26-11-3-4-19(15-26)22(27)25-10-9-18-5-7-21(24)8-6-18;/h5-8,12-14,19H,3-4,9-11,15,24H2,1-2H3,(H,25,27);1H. The third kappa shape index (κ3) is 6.23. The second-order valence-electron chi connectivity index (χ2n) is 7.75. The fraction of sp³-hybridized carbons (Fsp3) is 0.391. The minimum Gasteiger partial charge on any atom is -0.399 e. The maximum atomic E-state index is 12.9. The molecule has 0 aliphatic carbocycles. The molecule has 2 aromatic rings. The maximum Gasteiger partial charge on any atom is 0.253 e. The minimum absolute atomic E-state index is 0. The van der Waals surface area contributed by atoms with Gasteiger partial charge in [0.15, 0.2) is 0 Å². The number of halogens is 1. The zero-order valence-electron chi connectivity index (χ0n) is 17.1. The number of likely N-dealkylation sites (tertiary alicyclic amines) is 1. The minimum atomic E-state index is -0.143. The van der Waals surface area contributed by atoms with Gasteiger partial charge in [0, 0.05) is 30.9 Å². The van der Waals surface area contributed by atoms with Crippen molar-refractivity contribution in [3.63, 3.8) is 0 Å². The monoisotopic (exact) mass is 415 g/mol. The fourth-order valence-electron chi connectivity index (χ4n) is 3.82. The van der Waals surface area contributed by atoms with Crippen LogP contribution in [0.5, 0.6) is 0 Å². The summed E-state index contributed by atoms with van der Waals surface area (Å²) in [5.74, 6) is -0.0884. The fourth-order valence-corrected chi connectivity index (χ4v) is 3.82. The molecule has 1 aliphatic rings. The molecule has 3 rings (SSSR count). The van der Waals surface area contributed by atoms with Crippen LogP contribution >= 0.6 is 12.4 Å². The first kappa shape index (κ1) is 22.8. The van der Waals surface area contributed by atoms with Crippen molar-refractivity contribution < 1.29 is 9.59 Å². The summed E-state index contributed by atoms with van der Waals surface area (Å²) in [7, 11) is 0. The highest BCUT2D eigenvalue weighted by Gasteiger charge is 2.28. The Balaban J connectivity index is 0.00000300. The van der Waals surface area contributed by atoms with Gasteiger partial charge < -0.3 is 16.0 Å². The molecule has 0 aromatic heterocycles. The number of nitrogens with zero attached hydrogens (tertiary/aromatic N) is 1. The lowest BCUT2D eigenvalue weighted by molar-refractivity contribution is -0.126. The highest BCUT2D eigenvalue weighted by Crippen LogP contribution is 2.20. The highest BCUT2D eigenvalue weighted by molar-refractivity contribution is 5.95. The van der Waals surface area contributed by atoms with Crippen molar-refractivity contribution in [3.8, 4) is 0 Å². The van der Waals surface area contributed by atoms with E-state index in [0.29, 0.717) is 25.2 Å². The summed E-state index contributed by atoms with van der Waals surface area (Å²) in [5.41, 5.74) is 10.4. The zero-order chi connectivity index (χ0) is 20.1. The quantitative estimate of drug-likeness (QED) is 0.733. The lowest BCUT2D eigenvalue weighted by atomic mass is 9.96. The van der Waals surface area contributed by atoms with Crippen molar-refractivity contribution in [3.05, 3.63) is 64.7 Å². The molecule has 0 saturated carbocycles. The molecule has 1 saturated heterocycles. The Bertz CT molecular complexity index is 831. The van der Waals surface area contributed by atoms with E-state index in [-0.39, 0.29) is 30.1 Å². The first-order chi connectivity index (χ1) is 13.4. The molecule has 1 heterocycles. The largest absolute Gasteiger partial charge is 0.399 e. The van der Waals surface area contributed by atoms with Crippen LogP contribution in [0.4, 0.5) is 5.69 Å². The van der Waals surface area contributed by atoms with Gasteiger partial charge in [0.25, 0.3) is 5.91 Å². The summed E-state index contributed by atoms with van der Waals surface area (Å²) in [4.78, 5) is 27.3. The molecule has 0 radical (unpaired) electrons. The van der Waals surface area contributed by atoms with Gasteiger partial charge in [-0.05, 0) is 62.9 Å². The number of carbonyl (C=O) groups is 2. The van der Waals surface area contributed by atoms with E-state index in [2.05, 4.69) is 11.4 Å². The number of nitrogens with one attached hydrogen (secondary N) is 1. The van der Waals surface area contributed by atoms with E-state index in [9.17, 15) is 9.59 Å². The van der Waals surface area contributed by atoms with Crippen LogP contribution in [-0.2, 0) is 11.2 Å². The van der Waals surface area contributed by atoms with Gasteiger partial charge in [-0.3, -0.25) is 9.59 Å². The Labute approximate surface area is 179 Å². The Morgan fingerprint density at radius 3 is 2.41 bits per heavy atom. The first-order valence-corrected chi connectivity index (χ1v) is 9.92. The third-order valence-electron chi connectivity index (χ3n) is 5.24. The van der Waals surface area contributed by atoms with Gasteiger partial charge in [0.2, 0.25) is 5.91 Å². The van der Waals surface area contributed by atoms with Gasteiger partial charge in [-0.15, -0.1) is 12.4 Å². The van der Waals surface area contributed by atoms with E-state index in [1.165, 1.54) is 0 Å². The Morgan fingerprint density at radius 2 is 1.76 bits per heavy atom. The van der Waals surface area contributed by atoms with Crippen molar-refractivity contribution in [2.75, 3.05) is 25.4 Å². The molecule has 0 bridgehead atoms. The number of anilines is 1. The van der Waals surface area contributed by atoms with Crippen LogP contribution in [0.15, 0.2) is 42.5 Å². The number of aryl methyl sites for hydroxylation is 2. The summed E-state index contributed by atoms with van der Waals surface area (Å²) in [6.45, 7) is 5.78. The van der Waals surface area contributed by atoms with Crippen LogP contribution in [0.25, 0.3) is 0 Å². The van der Waals surface area contributed by atoms with Gasteiger partial charge in [-0.25, -0.2) is 0 Å². The summed E-state index contributed by atoms with van der Waals surface area (Å²) < 4.78 is 0. The lowest BCUT2D eigenvalue weighted by Gasteiger charge is -2.32. The van der Waals surface area contributed by atoms with E-state index < -0.39 is 0 Å². The smallest absolute Gasteiger partial charge is 0.253 e. The molecule has 156 valence electrons. The average molecular weight is 416 g/mol. The molecule has 1 atom stereocenters. The van der Waals surface area contributed by atoms with E-state index >= 15 is 0 Å². The van der Waals surface area contributed by atoms with Gasteiger partial charge in [0.1, 0.15) is 0 Å². The topological polar surface area (TPSA) is 75.4 Å². The Hall–Kier alpha value is -2.53. The molecule has 1 unspecified atom stereocenters. The number of rotatable bonds is 5. The number of nitrogens with two attached hydrogens (primary N) is 1. The molecule has 0 spiro atoms. The van der Waals surface area contributed by atoms with E-state index in [0.717, 1.165) is 41.6 Å². The van der Waals surface area contributed by atoms with E-state index in [1.807, 2.05) is 55.1 Å². The molecule has 2 aromatic carbocycles. The number of benzene rings is 2. The molecule has 1 aliphatic heterocycles. The number of amides is 2. The molecular formula is C23H30ClN3O2. The predicted octanol–water partition coefficient (Wildman–Crippen LogP) is 3.52. The number of carbonyl (C=O) groups excluding carboxylic acids is 2. The Kier molecular flexibility index (Phi) is 8.09. The third-order valence-corrected chi connectivity index (χ3v) is 5.24. The second kappa shape index (κ2) is 10.3. The molecule has 29 heavy (non-hydrogen) atoms. The van der Waals surface area contributed by atoms with E-state index in [4.69, 9.17) is 5.73 Å². The maximum absolute atomic E-state index is 12.9. The van der Waals surface area contributed by atoms with E-state index in [1.54, 1.807) is 0 Å². The normalized spacial score (nSPS) is 16.1. The van der Waals surface area contributed by atoms with Crippen LogP contribution in [-0.4, -0.2) is 36.3 Å². The lowest BCUT2D eigenvalue weighted by Crippen LogP contribution is -2.45. The average Bonchev–Trinajstić information content (AvgIpc) is 2.68. The number of hydrogen-bond acceptors (Lipinski definition) is 3. The molecular weight excluding hydrogens is 386 g/mol. The highest BCUT2D eigenvalue weighted by atomic mass is 35.5. The summed E-state index contributed by atoms with van der Waals surface area (Å²) in [5, 5.41) is 3.02. The van der Waals surface area contributed by atoms with Crippen LogP contribution in [0.3, 0.4) is 0 Å². The summed E-state index contributed by atoms with van der Waals surface area (Å²) >= 11 is 0. The Morgan fingerprint density at radius 1 is 1.10 bits per heavy atom. The van der Waals surface area contributed by atoms with Gasteiger partial charge >= 0.3 is 0 Å². The van der Waals surface area contributed by atoms with Crippen LogP contribution in [0, 0.1) is 19.8 Å². The van der Waals surface area contributed by atoms with Crippen LogP contribution < -0.4 is 11.1 Å². The summed E-state index contributed by atoms with van der Waals surface area (Å²) in [6, 6.07) is 13.6. The predicted molar refractivity (Wildman–Crippen MR) is 119 cm³/mol.